The van der Waals surface area contributed by atoms with E-state index < -0.39 is 11.9 Å². The predicted octanol–water partition coefficient (Wildman–Crippen LogP) is 1.93. The number of halogens is 1. The van der Waals surface area contributed by atoms with Gasteiger partial charge in [-0.1, -0.05) is 15.9 Å². The maximum Gasteiger partial charge on any atom is 0.338 e. The lowest BCUT2D eigenvalue weighted by Gasteiger charge is -2.13. The SMILES string of the molecule is COC(=O)COCc1c(OC)cc(Br)cc1C(=O)OC. The Hall–Kier alpha value is -1.60. The van der Waals surface area contributed by atoms with Gasteiger partial charge in [-0.3, -0.25) is 0 Å². The second-order valence-corrected chi connectivity index (χ2v) is 4.61. The Morgan fingerprint density at radius 2 is 1.85 bits per heavy atom. The molecule has 0 fully saturated rings. The molecule has 0 aliphatic rings. The Morgan fingerprint density at radius 3 is 2.40 bits per heavy atom. The fourth-order valence-corrected chi connectivity index (χ4v) is 1.97. The molecule has 0 bridgehead atoms. The highest BCUT2D eigenvalue weighted by atomic mass is 79.9. The summed E-state index contributed by atoms with van der Waals surface area (Å²) < 4.78 is 20.3. The van der Waals surface area contributed by atoms with Crippen molar-refractivity contribution in [2.45, 2.75) is 6.61 Å². The fourth-order valence-electron chi connectivity index (χ4n) is 1.53. The number of esters is 2. The van der Waals surface area contributed by atoms with E-state index in [1.165, 1.54) is 21.3 Å². The van der Waals surface area contributed by atoms with E-state index in [1.807, 2.05) is 0 Å². The molecule has 0 aliphatic heterocycles. The van der Waals surface area contributed by atoms with E-state index in [1.54, 1.807) is 12.1 Å². The molecule has 0 aliphatic carbocycles. The van der Waals surface area contributed by atoms with E-state index in [9.17, 15) is 9.59 Å². The van der Waals surface area contributed by atoms with Crippen LogP contribution in [0.25, 0.3) is 0 Å². The van der Waals surface area contributed by atoms with E-state index in [0.29, 0.717) is 21.3 Å². The molecule has 0 heterocycles. The Labute approximate surface area is 125 Å². The van der Waals surface area contributed by atoms with Crippen LogP contribution in [0.1, 0.15) is 15.9 Å². The zero-order valence-electron chi connectivity index (χ0n) is 11.4. The van der Waals surface area contributed by atoms with Crippen LogP contribution in [0.5, 0.6) is 5.75 Å². The quantitative estimate of drug-likeness (QED) is 0.733. The molecule has 0 saturated heterocycles. The smallest absolute Gasteiger partial charge is 0.338 e. The van der Waals surface area contributed by atoms with Gasteiger partial charge in [0.15, 0.2) is 0 Å². The molecule has 0 atom stereocenters. The number of rotatable bonds is 6. The summed E-state index contributed by atoms with van der Waals surface area (Å²) in [5, 5.41) is 0. The van der Waals surface area contributed by atoms with Crippen LogP contribution in [0.2, 0.25) is 0 Å². The number of methoxy groups -OCH3 is 3. The van der Waals surface area contributed by atoms with E-state index in [0.717, 1.165) is 0 Å². The highest BCUT2D eigenvalue weighted by Gasteiger charge is 2.18. The molecule has 0 saturated carbocycles. The fraction of sp³-hybridized carbons (Fsp3) is 0.385. The highest BCUT2D eigenvalue weighted by molar-refractivity contribution is 9.10. The van der Waals surface area contributed by atoms with Crippen molar-refractivity contribution in [3.05, 3.63) is 27.7 Å². The second-order valence-electron chi connectivity index (χ2n) is 3.69. The number of carbonyl (C=O) groups excluding carboxylic acids is 2. The number of hydrogen-bond acceptors (Lipinski definition) is 6. The van der Waals surface area contributed by atoms with Crippen LogP contribution >= 0.6 is 15.9 Å². The number of carbonyl (C=O) groups is 2. The molecular formula is C13H15BrO6. The molecule has 0 N–H and O–H groups in total. The van der Waals surface area contributed by atoms with Crippen molar-refractivity contribution in [2.75, 3.05) is 27.9 Å². The average Bonchev–Trinajstić information content (AvgIpc) is 2.46. The molecule has 0 amide bonds. The van der Waals surface area contributed by atoms with Crippen LogP contribution in [-0.4, -0.2) is 39.9 Å². The zero-order chi connectivity index (χ0) is 15.1. The van der Waals surface area contributed by atoms with Crippen LogP contribution in [0.4, 0.5) is 0 Å². The maximum absolute atomic E-state index is 11.8. The Kier molecular flexibility index (Phi) is 6.47. The van der Waals surface area contributed by atoms with Gasteiger partial charge in [0.05, 0.1) is 33.5 Å². The molecule has 110 valence electrons. The lowest BCUT2D eigenvalue weighted by Crippen LogP contribution is -2.13. The molecule has 0 spiro atoms. The number of hydrogen-bond donors (Lipinski definition) is 0. The average molecular weight is 347 g/mol. The molecule has 7 heteroatoms. The largest absolute Gasteiger partial charge is 0.496 e. The van der Waals surface area contributed by atoms with Gasteiger partial charge in [-0.2, -0.15) is 0 Å². The lowest BCUT2D eigenvalue weighted by molar-refractivity contribution is -0.146. The predicted molar refractivity (Wildman–Crippen MR) is 73.7 cm³/mol. The first-order valence-corrected chi connectivity index (χ1v) is 6.42. The van der Waals surface area contributed by atoms with Crippen molar-refractivity contribution in [1.29, 1.82) is 0 Å². The maximum atomic E-state index is 11.8. The number of ether oxygens (including phenoxy) is 4. The van der Waals surface area contributed by atoms with E-state index in [2.05, 4.69) is 20.7 Å². The van der Waals surface area contributed by atoms with E-state index >= 15 is 0 Å². The summed E-state index contributed by atoms with van der Waals surface area (Å²) >= 11 is 3.29. The molecule has 6 nitrogen and oxygen atoms in total. The van der Waals surface area contributed by atoms with Gasteiger partial charge in [-0.25, -0.2) is 9.59 Å². The van der Waals surface area contributed by atoms with Crippen molar-refractivity contribution >= 4 is 27.9 Å². The molecule has 20 heavy (non-hydrogen) atoms. The molecule has 1 aromatic carbocycles. The van der Waals surface area contributed by atoms with Gasteiger partial charge in [0.2, 0.25) is 0 Å². The topological polar surface area (TPSA) is 71.1 Å². The first kappa shape index (κ1) is 16.5. The third-order valence-electron chi connectivity index (χ3n) is 2.49. The minimum absolute atomic E-state index is 0.0238. The standard InChI is InChI=1S/C13H15BrO6/c1-17-11-5-8(14)4-9(13(16)19-3)10(11)6-20-7-12(15)18-2/h4-5H,6-7H2,1-3H3. The van der Waals surface area contributed by atoms with Crippen molar-refractivity contribution in [3.63, 3.8) is 0 Å². The van der Waals surface area contributed by atoms with E-state index in [4.69, 9.17) is 14.2 Å². The van der Waals surface area contributed by atoms with Crippen molar-refractivity contribution < 1.29 is 28.5 Å². The summed E-state index contributed by atoms with van der Waals surface area (Å²) in [6.45, 7) is -0.188. The van der Waals surface area contributed by atoms with Crippen LogP contribution < -0.4 is 4.74 Å². The summed E-state index contributed by atoms with van der Waals surface area (Å²) in [7, 11) is 4.03. The van der Waals surface area contributed by atoms with Gasteiger partial charge in [-0.05, 0) is 12.1 Å². The number of benzene rings is 1. The van der Waals surface area contributed by atoms with Crippen LogP contribution in [-0.2, 0) is 25.6 Å². The highest BCUT2D eigenvalue weighted by Crippen LogP contribution is 2.29. The van der Waals surface area contributed by atoms with E-state index in [-0.39, 0.29) is 13.2 Å². The Bertz CT molecular complexity index is 500. The second kappa shape index (κ2) is 7.86. The van der Waals surface area contributed by atoms with Crippen molar-refractivity contribution in [1.82, 2.24) is 0 Å². The van der Waals surface area contributed by atoms with Crippen LogP contribution in [0.3, 0.4) is 0 Å². The summed E-state index contributed by atoms with van der Waals surface area (Å²) in [5.74, 6) is -0.549. The van der Waals surface area contributed by atoms with Crippen molar-refractivity contribution in [3.8, 4) is 5.75 Å². The summed E-state index contributed by atoms with van der Waals surface area (Å²) in [6.07, 6.45) is 0. The Balaban J connectivity index is 3.01. The monoisotopic (exact) mass is 346 g/mol. The van der Waals surface area contributed by atoms with Crippen LogP contribution in [0.15, 0.2) is 16.6 Å². The van der Waals surface area contributed by atoms with Gasteiger partial charge >= 0.3 is 11.9 Å². The molecule has 1 aromatic rings. The molecule has 0 radical (unpaired) electrons. The summed E-state index contributed by atoms with van der Waals surface area (Å²) in [4.78, 5) is 22.8. The summed E-state index contributed by atoms with van der Waals surface area (Å²) in [5.41, 5.74) is 0.815. The van der Waals surface area contributed by atoms with Gasteiger partial charge in [0.25, 0.3) is 0 Å². The minimum atomic E-state index is -0.513. The lowest BCUT2D eigenvalue weighted by atomic mass is 10.1. The first-order chi connectivity index (χ1) is 9.53. The molecule has 0 aromatic heterocycles. The van der Waals surface area contributed by atoms with Gasteiger partial charge < -0.3 is 18.9 Å². The third kappa shape index (κ3) is 4.21. The van der Waals surface area contributed by atoms with Gasteiger partial charge in [0, 0.05) is 10.0 Å². The third-order valence-corrected chi connectivity index (χ3v) is 2.95. The van der Waals surface area contributed by atoms with Crippen LogP contribution in [0, 0.1) is 0 Å². The molecule has 1 rings (SSSR count). The van der Waals surface area contributed by atoms with Gasteiger partial charge in [-0.15, -0.1) is 0 Å². The minimum Gasteiger partial charge on any atom is -0.496 e. The molecular weight excluding hydrogens is 332 g/mol. The zero-order valence-corrected chi connectivity index (χ0v) is 13.0. The summed E-state index contributed by atoms with van der Waals surface area (Å²) in [6, 6.07) is 3.30. The van der Waals surface area contributed by atoms with Crippen molar-refractivity contribution in [2.24, 2.45) is 0 Å². The first-order valence-electron chi connectivity index (χ1n) is 5.62. The molecule has 0 unspecified atom stereocenters. The Morgan fingerprint density at radius 1 is 1.15 bits per heavy atom. The van der Waals surface area contributed by atoms with Gasteiger partial charge in [0.1, 0.15) is 12.4 Å². The normalized spacial score (nSPS) is 10.0.